The van der Waals surface area contributed by atoms with Gasteiger partial charge in [0, 0.05) is 50.0 Å². The predicted octanol–water partition coefficient (Wildman–Crippen LogP) is 3.27. The Morgan fingerprint density at radius 3 is 2.07 bits per heavy atom. The van der Waals surface area contributed by atoms with Crippen LogP contribution in [0.15, 0.2) is 24.3 Å². The number of likely N-dealkylation sites (tertiary alicyclic amines) is 1. The van der Waals surface area contributed by atoms with Crippen LogP contribution in [0.3, 0.4) is 0 Å². The van der Waals surface area contributed by atoms with Crippen LogP contribution in [0.4, 0.5) is 5.69 Å². The number of piperidine rings is 1. The minimum atomic E-state index is -1.00. The van der Waals surface area contributed by atoms with Crippen molar-refractivity contribution in [3.8, 4) is 0 Å². The molecule has 148 valence electrons. The van der Waals surface area contributed by atoms with E-state index < -0.39 is 5.41 Å². The molecule has 2 aliphatic rings. The normalized spacial score (nSPS) is 19.3. The number of halogens is 1. The molecule has 1 aromatic rings. The Morgan fingerprint density at radius 2 is 1.52 bits per heavy atom. The number of hydrogen-bond donors (Lipinski definition) is 0. The number of piperazine rings is 1. The predicted molar refractivity (Wildman–Crippen MR) is 109 cm³/mol. The van der Waals surface area contributed by atoms with Crippen LogP contribution in [0.25, 0.3) is 0 Å². The molecule has 2 aliphatic heterocycles. The zero-order chi connectivity index (χ0) is 19.6. The minimum absolute atomic E-state index is 0.0309. The molecule has 5 nitrogen and oxygen atoms in total. The van der Waals surface area contributed by atoms with Crippen LogP contribution in [0.5, 0.6) is 0 Å². The van der Waals surface area contributed by atoms with Crippen molar-refractivity contribution < 1.29 is 9.59 Å². The summed E-state index contributed by atoms with van der Waals surface area (Å²) >= 11 is 6.09. The monoisotopic (exact) mass is 391 g/mol. The van der Waals surface area contributed by atoms with E-state index in [4.69, 9.17) is 11.6 Å². The molecule has 0 bridgehead atoms. The van der Waals surface area contributed by atoms with Gasteiger partial charge in [-0.25, -0.2) is 0 Å². The molecule has 0 aliphatic carbocycles. The maximum atomic E-state index is 13.1. The summed E-state index contributed by atoms with van der Waals surface area (Å²) in [6.45, 7) is 10.0. The second kappa shape index (κ2) is 8.09. The molecule has 0 radical (unpaired) electrons. The molecule has 1 aromatic carbocycles. The number of benzene rings is 1. The first kappa shape index (κ1) is 20.0. The van der Waals surface area contributed by atoms with Crippen LogP contribution in [-0.4, -0.2) is 60.9 Å². The molecule has 27 heavy (non-hydrogen) atoms. The first-order valence-electron chi connectivity index (χ1n) is 9.88. The second-order valence-corrected chi connectivity index (χ2v) is 8.80. The first-order chi connectivity index (χ1) is 12.8. The lowest BCUT2D eigenvalue weighted by molar-refractivity contribution is -0.155. The van der Waals surface area contributed by atoms with Crippen molar-refractivity contribution in [3.05, 3.63) is 29.3 Å². The van der Waals surface area contributed by atoms with E-state index in [1.165, 1.54) is 0 Å². The van der Waals surface area contributed by atoms with Crippen LogP contribution < -0.4 is 4.90 Å². The molecule has 2 amide bonds. The van der Waals surface area contributed by atoms with E-state index in [9.17, 15) is 9.59 Å². The molecular weight excluding hydrogens is 362 g/mol. The summed E-state index contributed by atoms with van der Waals surface area (Å²) in [7, 11) is 0. The highest BCUT2D eigenvalue weighted by molar-refractivity contribution is 6.30. The molecule has 0 N–H and O–H groups in total. The van der Waals surface area contributed by atoms with Crippen LogP contribution in [0.1, 0.15) is 33.6 Å². The smallest absolute Gasteiger partial charge is 0.237 e. The Hall–Kier alpha value is -1.75. The van der Waals surface area contributed by atoms with E-state index in [1.54, 1.807) is 13.8 Å². The standard InChI is InChI=1S/C21H30ClN3O2/c1-16-7-9-24(10-8-16)19(26)21(2,3)20(27)25-13-11-23(12-14-25)18-6-4-5-17(22)15-18/h4-6,15-16H,7-14H2,1-3H3. The number of hydrogen-bond acceptors (Lipinski definition) is 3. The molecule has 0 aromatic heterocycles. The molecule has 0 atom stereocenters. The lowest BCUT2D eigenvalue weighted by Gasteiger charge is -2.41. The fraction of sp³-hybridized carbons (Fsp3) is 0.619. The van der Waals surface area contributed by atoms with Crippen molar-refractivity contribution in [1.29, 1.82) is 0 Å². The van der Waals surface area contributed by atoms with Gasteiger partial charge in [0.2, 0.25) is 11.8 Å². The second-order valence-electron chi connectivity index (χ2n) is 8.36. The molecule has 3 rings (SSSR count). The van der Waals surface area contributed by atoms with Gasteiger partial charge in [0.15, 0.2) is 0 Å². The van der Waals surface area contributed by atoms with Crippen molar-refractivity contribution in [1.82, 2.24) is 9.80 Å². The first-order valence-corrected chi connectivity index (χ1v) is 10.3. The number of nitrogens with zero attached hydrogens (tertiary/aromatic N) is 3. The quantitative estimate of drug-likeness (QED) is 0.743. The number of anilines is 1. The van der Waals surface area contributed by atoms with Gasteiger partial charge in [-0.1, -0.05) is 24.6 Å². The molecule has 6 heteroatoms. The van der Waals surface area contributed by atoms with Crippen LogP contribution >= 0.6 is 11.6 Å². The number of amides is 2. The zero-order valence-corrected chi connectivity index (χ0v) is 17.3. The largest absolute Gasteiger partial charge is 0.368 e. The van der Waals surface area contributed by atoms with Gasteiger partial charge in [0.1, 0.15) is 5.41 Å². The van der Waals surface area contributed by atoms with Crippen molar-refractivity contribution in [2.45, 2.75) is 33.6 Å². The third kappa shape index (κ3) is 4.40. The maximum Gasteiger partial charge on any atom is 0.237 e. The Morgan fingerprint density at radius 1 is 0.963 bits per heavy atom. The van der Waals surface area contributed by atoms with E-state index >= 15 is 0 Å². The van der Waals surface area contributed by atoms with E-state index in [-0.39, 0.29) is 11.8 Å². The number of carbonyl (C=O) groups excluding carboxylic acids is 2. The third-order valence-electron chi connectivity index (χ3n) is 5.88. The fourth-order valence-corrected chi connectivity index (χ4v) is 4.12. The van der Waals surface area contributed by atoms with Crippen molar-refractivity contribution in [2.24, 2.45) is 11.3 Å². The van der Waals surface area contributed by atoms with Crippen LogP contribution in [-0.2, 0) is 9.59 Å². The van der Waals surface area contributed by atoms with E-state index in [0.717, 1.165) is 44.7 Å². The summed E-state index contributed by atoms with van der Waals surface area (Å²) in [5.41, 5.74) is 0.0751. The zero-order valence-electron chi connectivity index (χ0n) is 16.6. The van der Waals surface area contributed by atoms with E-state index in [1.807, 2.05) is 34.1 Å². The van der Waals surface area contributed by atoms with Crippen molar-refractivity contribution >= 4 is 29.1 Å². The average molecular weight is 392 g/mol. The Kier molecular flexibility index (Phi) is 5.99. The van der Waals surface area contributed by atoms with Gasteiger partial charge in [-0.05, 0) is 50.8 Å². The molecule has 0 spiro atoms. The average Bonchev–Trinajstić information content (AvgIpc) is 2.67. The van der Waals surface area contributed by atoms with Gasteiger partial charge in [0.25, 0.3) is 0 Å². The topological polar surface area (TPSA) is 43.9 Å². The maximum absolute atomic E-state index is 13.1. The molecule has 2 heterocycles. The summed E-state index contributed by atoms with van der Waals surface area (Å²) < 4.78 is 0. The van der Waals surface area contributed by atoms with Gasteiger partial charge in [-0.3, -0.25) is 9.59 Å². The van der Waals surface area contributed by atoms with Crippen LogP contribution in [0.2, 0.25) is 5.02 Å². The van der Waals surface area contributed by atoms with Crippen molar-refractivity contribution in [3.63, 3.8) is 0 Å². The molecule has 2 fully saturated rings. The summed E-state index contributed by atoms with van der Waals surface area (Å²) in [6, 6.07) is 7.79. The van der Waals surface area contributed by atoms with Gasteiger partial charge in [-0.2, -0.15) is 0 Å². The summed E-state index contributed by atoms with van der Waals surface area (Å²) in [6.07, 6.45) is 2.04. The third-order valence-corrected chi connectivity index (χ3v) is 6.12. The highest BCUT2D eigenvalue weighted by Gasteiger charge is 2.42. The lowest BCUT2D eigenvalue weighted by atomic mass is 9.87. The van der Waals surface area contributed by atoms with Gasteiger partial charge in [-0.15, -0.1) is 0 Å². The van der Waals surface area contributed by atoms with Crippen molar-refractivity contribution in [2.75, 3.05) is 44.2 Å². The number of carbonyl (C=O) groups is 2. The summed E-state index contributed by atoms with van der Waals surface area (Å²) in [5, 5.41) is 0.716. The molecular formula is C21H30ClN3O2. The highest BCUT2D eigenvalue weighted by Crippen LogP contribution is 2.27. The summed E-state index contributed by atoms with van der Waals surface area (Å²) in [4.78, 5) is 32.0. The Labute approximate surface area is 167 Å². The van der Waals surface area contributed by atoms with E-state index in [0.29, 0.717) is 24.0 Å². The molecule has 2 saturated heterocycles. The minimum Gasteiger partial charge on any atom is -0.368 e. The molecule has 0 unspecified atom stereocenters. The fourth-order valence-electron chi connectivity index (χ4n) is 3.93. The van der Waals surface area contributed by atoms with Gasteiger partial charge >= 0.3 is 0 Å². The summed E-state index contributed by atoms with van der Waals surface area (Å²) in [5.74, 6) is 0.570. The highest BCUT2D eigenvalue weighted by atomic mass is 35.5. The Bertz CT molecular complexity index is 690. The lowest BCUT2D eigenvalue weighted by Crippen LogP contribution is -2.56. The molecule has 0 saturated carbocycles. The van der Waals surface area contributed by atoms with E-state index in [2.05, 4.69) is 11.8 Å². The number of rotatable bonds is 3. The SMILES string of the molecule is CC1CCN(C(=O)C(C)(C)C(=O)N2CCN(c3cccc(Cl)c3)CC2)CC1. The Balaban J connectivity index is 1.60. The van der Waals surface area contributed by atoms with Gasteiger partial charge < -0.3 is 14.7 Å². The van der Waals surface area contributed by atoms with Gasteiger partial charge in [0.05, 0.1) is 0 Å². The van der Waals surface area contributed by atoms with Crippen LogP contribution in [0, 0.1) is 11.3 Å².